The minimum absolute atomic E-state index is 0.0458. The van der Waals surface area contributed by atoms with E-state index in [9.17, 15) is 0 Å². The van der Waals surface area contributed by atoms with Crippen LogP contribution in [0, 0.1) is 0 Å². The first-order valence-electron chi connectivity index (χ1n) is 7.03. The minimum atomic E-state index is -1.71. The molecule has 0 aliphatic rings. The highest BCUT2D eigenvalue weighted by Crippen LogP contribution is 2.38. The molecule has 0 saturated carbocycles. The van der Waals surface area contributed by atoms with Crippen molar-refractivity contribution in [2.75, 3.05) is 26.1 Å². The molecule has 0 fully saturated rings. The zero-order chi connectivity index (χ0) is 15.7. The van der Waals surface area contributed by atoms with Crippen LogP contribution in [0.4, 0.5) is 5.69 Å². The van der Waals surface area contributed by atoms with E-state index in [1.807, 2.05) is 0 Å². The van der Waals surface area contributed by atoms with Gasteiger partial charge < -0.3 is 9.64 Å². The van der Waals surface area contributed by atoms with Crippen molar-refractivity contribution in [2.45, 2.75) is 45.3 Å². The molecule has 0 bridgehead atoms. The molecule has 0 N–H and O–H groups in total. The smallest absolute Gasteiger partial charge is 0.154 e. The molecule has 0 atom stereocenters. The molecule has 1 aromatic carbocycles. The van der Waals surface area contributed by atoms with E-state index in [-0.39, 0.29) is 5.41 Å². The van der Waals surface area contributed by atoms with Gasteiger partial charge in [-0.1, -0.05) is 33.9 Å². The standard InChI is InChI=1S/C16H28ClNOSi/c1-16(2,3)14-10-13(18(4)5)9-12(15(14)19-6)11-20(7,8)17/h9-10H,11H2,1-8H3. The molecule has 0 aliphatic carbocycles. The number of methoxy groups -OCH3 is 1. The average Bonchev–Trinajstić information content (AvgIpc) is 2.24. The van der Waals surface area contributed by atoms with E-state index in [1.54, 1.807) is 7.11 Å². The second-order valence-electron chi connectivity index (χ2n) is 7.23. The predicted octanol–water partition coefficient (Wildman–Crippen LogP) is 4.58. The number of hydrogen-bond acceptors (Lipinski definition) is 2. The van der Waals surface area contributed by atoms with Crippen LogP contribution in [0.25, 0.3) is 0 Å². The Hall–Kier alpha value is -0.673. The monoisotopic (exact) mass is 313 g/mol. The number of anilines is 1. The second kappa shape index (κ2) is 5.98. The van der Waals surface area contributed by atoms with Crippen LogP contribution in [-0.4, -0.2) is 28.6 Å². The highest BCUT2D eigenvalue weighted by atomic mass is 35.6. The van der Waals surface area contributed by atoms with E-state index in [0.717, 1.165) is 11.8 Å². The largest absolute Gasteiger partial charge is 0.496 e. The summed E-state index contributed by atoms with van der Waals surface area (Å²) in [6, 6.07) is 5.36. The number of benzene rings is 1. The highest BCUT2D eigenvalue weighted by Gasteiger charge is 2.26. The van der Waals surface area contributed by atoms with Crippen LogP contribution in [0.3, 0.4) is 0 Å². The van der Waals surface area contributed by atoms with E-state index < -0.39 is 7.38 Å². The lowest BCUT2D eigenvalue weighted by molar-refractivity contribution is 0.394. The van der Waals surface area contributed by atoms with Crippen molar-refractivity contribution in [2.24, 2.45) is 0 Å². The molecular formula is C16H28ClNOSi. The Morgan fingerprint density at radius 3 is 2.10 bits per heavy atom. The van der Waals surface area contributed by atoms with Gasteiger partial charge in [-0.3, -0.25) is 0 Å². The summed E-state index contributed by atoms with van der Waals surface area (Å²) in [5, 5.41) is 0. The highest BCUT2D eigenvalue weighted by molar-refractivity contribution is 7.18. The van der Waals surface area contributed by atoms with E-state index in [0.29, 0.717) is 0 Å². The van der Waals surface area contributed by atoms with Crippen LogP contribution >= 0.6 is 11.1 Å². The Morgan fingerprint density at radius 2 is 1.75 bits per heavy atom. The number of nitrogens with zero attached hydrogens (tertiary/aromatic N) is 1. The molecule has 20 heavy (non-hydrogen) atoms. The molecule has 0 saturated heterocycles. The normalized spacial score (nSPS) is 12.4. The summed E-state index contributed by atoms with van der Waals surface area (Å²) in [7, 11) is 4.19. The molecule has 0 aliphatic heterocycles. The summed E-state index contributed by atoms with van der Waals surface area (Å²) in [5.41, 5.74) is 3.73. The molecule has 0 aromatic heterocycles. The maximum Gasteiger partial charge on any atom is 0.154 e. The quantitative estimate of drug-likeness (QED) is 0.595. The van der Waals surface area contributed by atoms with Gasteiger partial charge in [-0.25, -0.2) is 0 Å². The third-order valence-corrected chi connectivity index (χ3v) is 4.91. The Labute approximate surface area is 129 Å². The number of hydrogen-bond donors (Lipinski definition) is 0. The molecule has 0 unspecified atom stereocenters. The predicted molar refractivity (Wildman–Crippen MR) is 93.1 cm³/mol. The van der Waals surface area contributed by atoms with Gasteiger partial charge in [0.25, 0.3) is 0 Å². The zero-order valence-corrected chi connectivity index (χ0v) is 15.9. The summed E-state index contributed by atoms with van der Waals surface area (Å²) >= 11 is 6.56. The zero-order valence-electron chi connectivity index (χ0n) is 14.1. The van der Waals surface area contributed by atoms with Gasteiger partial charge in [-0.05, 0) is 29.2 Å². The van der Waals surface area contributed by atoms with Crippen LogP contribution in [0.1, 0.15) is 31.9 Å². The summed E-state index contributed by atoms with van der Waals surface area (Å²) < 4.78 is 5.73. The Kier molecular flexibility index (Phi) is 5.20. The van der Waals surface area contributed by atoms with Gasteiger partial charge in [-0.2, -0.15) is 11.1 Å². The summed E-state index contributed by atoms with van der Waals surface area (Å²) in [5.74, 6) is 1.00. The number of ether oxygens (including phenoxy) is 1. The van der Waals surface area contributed by atoms with Crippen molar-refractivity contribution in [3.8, 4) is 5.75 Å². The van der Waals surface area contributed by atoms with Gasteiger partial charge in [0, 0.05) is 25.3 Å². The topological polar surface area (TPSA) is 12.5 Å². The number of rotatable bonds is 4. The van der Waals surface area contributed by atoms with E-state index in [4.69, 9.17) is 15.8 Å². The van der Waals surface area contributed by atoms with Crippen molar-refractivity contribution in [1.82, 2.24) is 0 Å². The van der Waals surface area contributed by atoms with Crippen molar-refractivity contribution in [3.63, 3.8) is 0 Å². The van der Waals surface area contributed by atoms with Crippen molar-refractivity contribution in [3.05, 3.63) is 23.3 Å². The number of halogens is 1. The fourth-order valence-electron chi connectivity index (χ4n) is 2.31. The van der Waals surface area contributed by atoms with Crippen LogP contribution in [0.15, 0.2) is 12.1 Å². The SMILES string of the molecule is COc1c(C[Si](C)(C)Cl)cc(N(C)C)cc1C(C)(C)C. The van der Waals surface area contributed by atoms with Gasteiger partial charge in [-0.15, -0.1) is 0 Å². The van der Waals surface area contributed by atoms with Gasteiger partial charge >= 0.3 is 0 Å². The third kappa shape index (κ3) is 4.42. The first-order valence-corrected chi connectivity index (χ1v) is 11.3. The van der Waals surface area contributed by atoms with Gasteiger partial charge in [0.1, 0.15) is 5.75 Å². The lowest BCUT2D eigenvalue weighted by Crippen LogP contribution is -2.23. The van der Waals surface area contributed by atoms with Crippen LogP contribution in [0.5, 0.6) is 5.75 Å². The van der Waals surface area contributed by atoms with Gasteiger partial charge in [0.15, 0.2) is 7.38 Å². The van der Waals surface area contributed by atoms with E-state index in [2.05, 4.69) is 65.0 Å². The molecule has 0 amide bonds. The lowest BCUT2D eigenvalue weighted by Gasteiger charge is -2.28. The van der Waals surface area contributed by atoms with Gasteiger partial charge in [0.2, 0.25) is 0 Å². The Morgan fingerprint density at radius 1 is 1.20 bits per heavy atom. The maximum absolute atomic E-state index is 6.56. The van der Waals surface area contributed by atoms with Crippen molar-refractivity contribution >= 4 is 24.2 Å². The average molecular weight is 314 g/mol. The molecule has 0 spiro atoms. The first-order chi connectivity index (χ1) is 8.95. The summed E-state index contributed by atoms with van der Waals surface area (Å²) in [4.78, 5) is 2.14. The summed E-state index contributed by atoms with van der Waals surface area (Å²) in [6.45, 7) is 11.0. The van der Waals surface area contributed by atoms with Gasteiger partial charge in [0.05, 0.1) is 7.11 Å². The molecule has 114 valence electrons. The molecule has 1 rings (SSSR count). The molecule has 0 heterocycles. The maximum atomic E-state index is 6.56. The van der Waals surface area contributed by atoms with Crippen LogP contribution in [0.2, 0.25) is 13.1 Å². The van der Waals surface area contributed by atoms with Crippen LogP contribution < -0.4 is 9.64 Å². The fourth-order valence-corrected chi connectivity index (χ4v) is 3.91. The molecule has 2 nitrogen and oxygen atoms in total. The van der Waals surface area contributed by atoms with E-state index >= 15 is 0 Å². The molecule has 0 radical (unpaired) electrons. The summed E-state index contributed by atoms with van der Waals surface area (Å²) in [6.07, 6.45) is 0. The molecular weight excluding hydrogens is 286 g/mol. The fraction of sp³-hybridized carbons (Fsp3) is 0.625. The Bertz CT molecular complexity index is 473. The van der Waals surface area contributed by atoms with Crippen molar-refractivity contribution in [1.29, 1.82) is 0 Å². The lowest BCUT2D eigenvalue weighted by atomic mass is 9.84. The van der Waals surface area contributed by atoms with Crippen LogP contribution in [-0.2, 0) is 11.5 Å². The minimum Gasteiger partial charge on any atom is -0.496 e. The third-order valence-electron chi connectivity index (χ3n) is 3.29. The first kappa shape index (κ1) is 17.4. The molecule has 1 aromatic rings. The van der Waals surface area contributed by atoms with E-state index in [1.165, 1.54) is 16.8 Å². The molecule has 4 heteroatoms. The second-order valence-corrected chi connectivity index (χ2v) is 14.1. The van der Waals surface area contributed by atoms with Crippen molar-refractivity contribution < 1.29 is 4.74 Å². The Balaban J connectivity index is 3.51.